The van der Waals surface area contributed by atoms with Crippen LogP contribution < -0.4 is 0 Å². The molecule has 0 aliphatic rings. The zero-order valence-corrected chi connectivity index (χ0v) is 7.91. The molecule has 0 unspecified atom stereocenters. The quantitative estimate of drug-likeness (QED) is 0.532. The first-order valence-corrected chi connectivity index (χ1v) is 4.75. The molecule has 0 heterocycles. The van der Waals surface area contributed by atoms with Gasteiger partial charge >= 0.3 is 0 Å². The molecule has 0 saturated carbocycles. The molecule has 0 rings (SSSR count). The Balaban J connectivity index is 3.29. The van der Waals surface area contributed by atoms with Crippen LogP contribution in [-0.2, 0) is 0 Å². The maximum absolute atomic E-state index is 4.78. The molecule has 0 aliphatic heterocycles. The van der Waals surface area contributed by atoms with Crippen LogP contribution in [0, 0.1) is 5.92 Å². The highest BCUT2D eigenvalue weighted by Gasteiger charge is 2.02. The molecule has 0 N–H and O–H groups in total. The van der Waals surface area contributed by atoms with Gasteiger partial charge in [0.1, 0.15) is 0 Å². The lowest BCUT2D eigenvalue weighted by Gasteiger charge is -2.10. The largest absolute Gasteiger partial charge is 0.0935 e. The van der Waals surface area contributed by atoms with Crippen molar-refractivity contribution in [1.29, 1.82) is 0 Å². The van der Waals surface area contributed by atoms with E-state index in [1.165, 1.54) is 25.7 Å². The highest BCUT2D eigenvalue weighted by molar-refractivity contribution is 7.78. The normalized spacial score (nSPS) is 13.0. The van der Waals surface area contributed by atoms with Crippen LogP contribution in [0.4, 0.5) is 0 Å². The summed E-state index contributed by atoms with van der Waals surface area (Å²) in [5.74, 6) is 0.921. The Morgan fingerprint density at radius 2 is 2.00 bits per heavy atom. The lowest BCUT2D eigenvalue weighted by molar-refractivity contribution is 0.442. The summed E-state index contributed by atoms with van der Waals surface area (Å²) in [4.78, 5) is 0. The van der Waals surface area contributed by atoms with Crippen molar-refractivity contribution in [3.63, 3.8) is 0 Å². The van der Waals surface area contributed by atoms with Gasteiger partial charge in [-0.2, -0.15) is 0 Å². The van der Waals surface area contributed by atoms with Crippen LogP contribution in [-0.4, -0.2) is 5.37 Å². The van der Waals surface area contributed by atoms with Gasteiger partial charge in [-0.15, -0.1) is 0 Å². The molecular weight excluding hydrogens is 140 g/mol. The molecule has 1 atom stereocenters. The van der Waals surface area contributed by atoms with Gasteiger partial charge in [-0.05, 0) is 24.1 Å². The third-order valence-electron chi connectivity index (χ3n) is 1.97. The van der Waals surface area contributed by atoms with Crippen molar-refractivity contribution in [3.8, 4) is 0 Å². The molecule has 0 fully saturated rings. The lowest BCUT2D eigenvalue weighted by atomic mass is 9.96. The molecule has 0 radical (unpaired) electrons. The van der Waals surface area contributed by atoms with E-state index in [-0.39, 0.29) is 0 Å². The molecule has 1 heteroatoms. The first-order valence-electron chi connectivity index (χ1n) is 4.28. The van der Waals surface area contributed by atoms with Gasteiger partial charge < -0.3 is 0 Å². The van der Waals surface area contributed by atoms with Crippen molar-refractivity contribution in [2.75, 3.05) is 0 Å². The summed E-state index contributed by atoms with van der Waals surface area (Å²) in [5.41, 5.74) is 0. The molecule has 0 aromatic carbocycles. The standard InChI is InChI=1S/C9H18S/c1-3-6-9(4-2)7-5-8-10/h8-9H,3-7H2,1-2H3/t9-/m0/s1. The second kappa shape index (κ2) is 7.20. The number of rotatable bonds is 6. The van der Waals surface area contributed by atoms with Gasteiger partial charge in [0.05, 0.1) is 0 Å². The fraction of sp³-hybridized carbons (Fsp3) is 0.889. The smallest absolute Gasteiger partial charge is 0.0210 e. The minimum Gasteiger partial charge on any atom is -0.0935 e. The molecule has 10 heavy (non-hydrogen) atoms. The Morgan fingerprint density at radius 1 is 1.30 bits per heavy atom. The first-order chi connectivity index (χ1) is 4.85. The number of hydrogen-bond acceptors (Lipinski definition) is 1. The van der Waals surface area contributed by atoms with Gasteiger partial charge in [-0.1, -0.05) is 45.3 Å². The molecule has 0 nitrogen and oxygen atoms in total. The van der Waals surface area contributed by atoms with Gasteiger partial charge in [0.15, 0.2) is 0 Å². The van der Waals surface area contributed by atoms with E-state index in [1.807, 2.05) is 5.37 Å². The highest BCUT2D eigenvalue weighted by Crippen LogP contribution is 2.15. The number of thiocarbonyl (C=S) groups is 1. The molecule has 0 aliphatic carbocycles. The average molecular weight is 158 g/mol. The van der Waals surface area contributed by atoms with Crippen molar-refractivity contribution in [1.82, 2.24) is 0 Å². The topological polar surface area (TPSA) is 0 Å². The molecular formula is C9H18S. The summed E-state index contributed by atoms with van der Waals surface area (Å²) in [6, 6.07) is 0. The van der Waals surface area contributed by atoms with Crippen molar-refractivity contribution in [2.45, 2.75) is 46.0 Å². The van der Waals surface area contributed by atoms with Gasteiger partial charge in [0.25, 0.3) is 0 Å². The zero-order chi connectivity index (χ0) is 7.82. The third kappa shape index (κ3) is 4.92. The predicted octanol–water partition coefficient (Wildman–Crippen LogP) is 3.59. The molecule has 0 saturated heterocycles. The number of hydrogen-bond donors (Lipinski definition) is 0. The fourth-order valence-corrected chi connectivity index (χ4v) is 1.40. The predicted molar refractivity (Wildman–Crippen MR) is 51.6 cm³/mol. The van der Waals surface area contributed by atoms with Gasteiger partial charge in [-0.3, -0.25) is 0 Å². The highest BCUT2D eigenvalue weighted by atomic mass is 32.1. The van der Waals surface area contributed by atoms with Crippen LogP contribution in [0.1, 0.15) is 46.0 Å². The Morgan fingerprint density at radius 3 is 2.40 bits per heavy atom. The Hall–Kier alpha value is 0.0900. The van der Waals surface area contributed by atoms with E-state index < -0.39 is 0 Å². The molecule has 0 spiro atoms. The van der Waals surface area contributed by atoms with E-state index in [1.54, 1.807) is 0 Å². The minimum absolute atomic E-state index is 0.921. The summed E-state index contributed by atoms with van der Waals surface area (Å²) in [6.07, 6.45) is 6.42. The van der Waals surface area contributed by atoms with Crippen LogP contribution in [0.15, 0.2) is 0 Å². The fourth-order valence-electron chi connectivity index (χ4n) is 1.26. The van der Waals surface area contributed by atoms with E-state index >= 15 is 0 Å². The average Bonchev–Trinajstić information content (AvgIpc) is 1.98. The van der Waals surface area contributed by atoms with E-state index in [0.717, 1.165) is 12.3 Å². The summed E-state index contributed by atoms with van der Waals surface area (Å²) < 4.78 is 0. The van der Waals surface area contributed by atoms with Crippen LogP contribution in [0.2, 0.25) is 0 Å². The molecule has 60 valence electrons. The van der Waals surface area contributed by atoms with E-state index in [4.69, 9.17) is 12.2 Å². The van der Waals surface area contributed by atoms with Gasteiger partial charge in [-0.25, -0.2) is 0 Å². The maximum Gasteiger partial charge on any atom is -0.0210 e. The Labute approximate surface area is 70.0 Å². The monoisotopic (exact) mass is 158 g/mol. The van der Waals surface area contributed by atoms with E-state index in [9.17, 15) is 0 Å². The summed E-state index contributed by atoms with van der Waals surface area (Å²) in [7, 11) is 0. The van der Waals surface area contributed by atoms with Crippen LogP contribution >= 0.6 is 12.2 Å². The van der Waals surface area contributed by atoms with Gasteiger partial charge in [0, 0.05) is 0 Å². The Bertz CT molecular complexity index is 78.8. The molecule has 0 aromatic heterocycles. The van der Waals surface area contributed by atoms with E-state index in [0.29, 0.717) is 0 Å². The Kier molecular flexibility index (Phi) is 7.26. The van der Waals surface area contributed by atoms with Crippen molar-refractivity contribution in [2.24, 2.45) is 5.92 Å². The van der Waals surface area contributed by atoms with Crippen LogP contribution in [0.25, 0.3) is 0 Å². The van der Waals surface area contributed by atoms with E-state index in [2.05, 4.69) is 13.8 Å². The maximum atomic E-state index is 4.78. The zero-order valence-electron chi connectivity index (χ0n) is 7.10. The van der Waals surface area contributed by atoms with Crippen LogP contribution in [0.5, 0.6) is 0 Å². The molecule has 0 amide bonds. The van der Waals surface area contributed by atoms with Gasteiger partial charge in [0.2, 0.25) is 0 Å². The second-order valence-corrected chi connectivity index (χ2v) is 3.14. The molecule has 0 bridgehead atoms. The van der Waals surface area contributed by atoms with Crippen molar-refractivity contribution in [3.05, 3.63) is 0 Å². The molecule has 0 aromatic rings. The van der Waals surface area contributed by atoms with Crippen molar-refractivity contribution >= 4 is 17.6 Å². The van der Waals surface area contributed by atoms with Crippen LogP contribution in [0.3, 0.4) is 0 Å². The van der Waals surface area contributed by atoms with Crippen molar-refractivity contribution < 1.29 is 0 Å². The summed E-state index contributed by atoms with van der Waals surface area (Å²) >= 11 is 4.78. The summed E-state index contributed by atoms with van der Waals surface area (Å²) in [5, 5.41) is 1.86. The lowest BCUT2D eigenvalue weighted by Crippen LogP contribution is -1.97. The third-order valence-corrected chi connectivity index (χ3v) is 2.20. The second-order valence-electron chi connectivity index (χ2n) is 2.81. The SMILES string of the molecule is CCC[C@H](CC)CCC=S. The first kappa shape index (κ1) is 10.1. The minimum atomic E-state index is 0.921. The summed E-state index contributed by atoms with van der Waals surface area (Å²) in [6.45, 7) is 4.52.